The van der Waals surface area contributed by atoms with Crippen molar-refractivity contribution in [3.8, 4) is 11.8 Å². The van der Waals surface area contributed by atoms with E-state index in [9.17, 15) is 4.79 Å². The SMILES string of the molecule is Cc1cc(C(=O)Nc2ccon2)sc1C#CCN. The predicted octanol–water partition coefficient (Wildman–Crippen LogP) is 1.61. The number of aromatic nitrogens is 1. The number of nitrogens with two attached hydrogens (primary N) is 1. The van der Waals surface area contributed by atoms with Gasteiger partial charge in [-0.2, -0.15) is 0 Å². The van der Waals surface area contributed by atoms with Crippen LogP contribution in [0.2, 0.25) is 0 Å². The summed E-state index contributed by atoms with van der Waals surface area (Å²) in [6.45, 7) is 2.21. The van der Waals surface area contributed by atoms with E-state index in [-0.39, 0.29) is 5.91 Å². The van der Waals surface area contributed by atoms with Crippen molar-refractivity contribution in [2.75, 3.05) is 11.9 Å². The van der Waals surface area contributed by atoms with Gasteiger partial charge in [-0.1, -0.05) is 17.0 Å². The quantitative estimate of drug-likeness (QED) is 0.805. The van der Waals surface area contributed by atoms with Crippen molar-refractivity contribution in [1.29, 1.82) is 0 Å². The number of amides is 1. The molecule has 0 aliphatic heterocycles. The third-order valence-electron chi connectivity index (χ3n) is 2.12. The minimum absolute atomic E-state index is 0.224. The Balaban J connectivity index is 2.16. The third kappa shape index (κ3) is 2.77. The van der Waals surface area contributed by atoms with E-state index in [1.54, 1.807) is 12.1 Å². The summed E-state index contributed by atoms with van der Waals surface area (Å²) in [6, 6.07) is 3.37. The number of carbonyl (C=O) groups is 1. The van der Waals surface area contributed by atoms with E-state index >= 15 is 0 Å². The van der Waals surface area contributed by atoms with Gasteiger partial charge in [-0.25, -0.2) is 0 Å². The Labute approximate surface area is 108 Å². The molecule has 0 aliphatic carbocycles. The Morgan fingerprint density at radius 2 is 2.50 bits per heavy atom. The van der Waals surface area contributed by atoms with E-state index < -0.39 is 0 Å². The number of hydrogen-bond acceptors (Lipinski definition) is 5. The molecule has 2 aromatic rings. The maximum atomic E-state index is 11.9. The van der Waals surface area contributed by atoms with Crippen LogP contribution >= 0.6 is 11.3 Å². The summed E-state index contributed by atoms with van der Waals surface area (Å²) in [6.07, 6.45) is 1.40. The van der Waals surface area contributed by atoms with E-state index in [4.69, 9.17) is 5.73 Å². The Hall–Kier alpha value is -2.10. The molecule has 0 radical (unpaired) electrons. The Morgan fingerprint density at radius 3 is 3.17 bits per heavy atom. The number of aryl methyl sites for hydroxylation is 1. The first-order valence-corrected chi connectivity index (χ1v) is 6.03. The van der Waals surface area contributed by atoms with Crippen molar-refractivity contribution in [2.24, 2.45) is 5.73 Å². The summed E-state index contributed by atoms with van der Waals surface area (Å²) in [5, 5.41) is 6.24. The first-order valence-electron chi connectivity index (χ1n) is 5.22. The second kappa shape index (κ2) is 5.49. The average molecular weight is 261 g/mol. The molecule has 2 rings (SSSR count). The molecule has 2 heterocycles. The largest absolute Gasteiger partial charge is 0.363 e. The summed E-state index contributed by atoms with van der Waals surface area (Å²) in [5.41, 5.74) is 6.28. The van der Waals surface area contributed by atoms with Gasteiger partial charge in [-0.05, 0) is 18.6 Å². The van der Waals surface area contributed by atoms with Crippen molar-refractivity contribution in [3.05, 3.63) is 33.7 Å². The second-order valence-corrected chi connectivity index (χ2v) is 4.52. The van der Waals surface area contributed by atoms with Gasteiger partial charge in [-0.15, -0.1) is 11.3 Å². The zero-order valence-electron chi connectivity index (χ0n) is 9.69. The molecule has 6 heteroatoms. The lowest BCUT2D eigenvalue weighted by atomic mass is 10.2. The number of thiophene rings is 1. The lowest BCUT2D eigenvalue weighted by Gasteiger charge is -1.96. The molecule has 5 nitrogen and oxygen atoms in total. The number of rotatable bonds is 2. The zero-order valence-corrected chi connectivity index (χ0v) is 10.5. The molecule has 0 aliphatic rings. The van der Waals surface area contributed by atoms with Gasteiger partial charge in [-0.3, -0.25) is 4.79 Å². The topological polar surface area (TPSA) is 81.2 Å². The molecule has 0 aromatic carbocycles. The fraction of sp³-hybridized carbons (Fsp3) is 0.167. The van der Waals surface area contributed by atoms with Crippen LogP contribution in [0.15, 0.2) is 22.9 Å². The fourth-order valence-corrected chi connectivity index (χ4v) is 2.25. The Kier molecular flexibility index (Phi) is 3.77. The van der Waals surface area contributed by atoms with E-state index in [2.05, 4.69) is 26.8 Å². The molecule has 0 unspecified atom stereocenters. The zero-order chi connectivity index (χ0) is 13.0. The number of nitrogens with one attached hydrogen (secondary N) is 1. The minimum atomic E-state index is -0.224. The van der Waals surface area contributed by atoms with Gasteiger partial charge in [0.25, 0.3) is 5.91 Å². The monoisotopic (exact) mass is 261 g/mol. The summed E-state index contributed by atoms with van der Waals surface area (Å²) in [4.78, 5) is 13.3. The summed E-state index contributed by atoms with van der Waals surface area (Å²) >= 11 is 1.33. The van der Waals surface area contributed by atoms with Gasteiger partial charge in [0.2, 0.25) is 0 Å². The lowest BCUT2D eigenvalue weighted by Crippen LogP contribution is -2.10. The van der Waals surface area contributed by atoms with Gasteiger partial charge in [0, 0.05) is 6.07 Å². The standard InChI is InChI=1S/C12H11N3O2S/c1-8-7-10(18-9(8)3-2-5-13)12(16)14-11-4-6-17-15-11/h4,6-7H,5,13H2,1H3,(H,14,15,16). The van der Waals surface area contributed by atoms with E-state index in [0.29, 0.717) is 17.2 Å². The Bertz CT molecular complexity index is 605. The highest BCUT2D eigenvalue weighted by Gasteiger charge is 2.12. The van der Waals surface area contributed by atoms with E-state index in [1.165, 1.54) is 17.6 Å². The van der Waals surface area contributed by atoms with Crippen LogP contribution in [0, 0.1) is 18.8 Å². The van der Waals surface area contributed by atoms with E-state index in [1.807, 2.05) is 6.92 Å². The van der Waals surface area contributed by atoms with Crippen LogP contribution in [0.25, 0.3) is 0 Å². The molecular formula is C12H11N3O2S. The molecule has 0 saturated carbocycles. The molecule has 1 amide bonds. The molecular weight excluding hydrogens is 250 g/mol. The maximum Gasteiger partial charge on any atom is 0.267 e. The number of carbonyl (C=O) groups excluding carboxylic acids is 1. The van der Waals surface area contributed by atoms with Crippen LogP contribution in [-0.4, -0.2) is 17.6 Å². The van der Waals surface area contributed by atoms with Crippen LogP contribution in [0.3, 0.4) is 0 Å². The molecule has 0 atom stereocenters. The van der Waals surface area contributed by atoms with E-state index in [0.717, 1.165) is 10.4 Å². The fourth-order valence-electron chi connectivity index (χ4n) is 1.30. The molecule has 3 N–H and O–H groups in total. The normalized spacial score (nSPS) is 9.67. The van der Waals surface area contributed by atoms with Crippen LogP contribution in [-0.2, 0) is 0 Å². The van der Waals surface area contributed by atoms with Crippen molar-refractivity contribution >= 4 is 23.1 Å². The first kappa shape index (κ1) is 12.4. The second-order valence-electron chi connectivity index (χ2n) is 3.47. The highest BCUT2D eigenvalue weighted by atomic mass is 32.1. The van der Waals surface area contributed by atoms with Gasteiger partial charge < -0.3 is 15.6 Å². The number of anilines is 1. The van der Waals surface area contributed by atoms with Crippen LogP contribution in [0.4, 0.5) is 5.82 Å². The van der Waals surface area contributed by atoms with Gasteiger partial charge >= 0.3 is 0 Å². The van der Waals surface area contributed by atoms with Crippen molar-refractivity contribution in [1.82, 2.24) is 5.16 Å². The summed E-state index contributed by atoms with van der Waals surface area (Å²) in [5.74, 6) is 5.87. The molecule has 0 spiro atoms. The van der Waals surface area contributed by atoms with Gasteiger partial charge in [0.15, 0.2) is 5.82 Å². The molecule has 18 heavy (non-hydrogen) atoms. The van der Waals surface area contributed by atoms with Crippen molar-refractivity contribution in [3.63, 3.8) is 0 Å². The maximum absolute atomic E-state index is 11.9. The average Bonchev–Trinajstić information content (AvgIpc) is 2.96. The smallest absolute Gasteiger partial charge is 0.267 e. The lowest BCUT2D eigenvalue weighted by molar-refractivity contribution is 0.102. The number of nitrogens with zero attached hydrogens (tertiary/aromatic N) is 1. The van der Waals surface area contributed by atoms with Crippen LogP contribution in [0.1, 0.15) is 20.1 Å². The minimum Gasteiger partial charge on any atom is -0.363 e. The molecule has 0 fully saturated rings. The molecule has 0 bridgehead atoms. The molecule has 0 saturated heterocycles. The molecule has 92 valence electrons. The predicted molar refractivity (Wildman–Crippen MR) is 69.4 cm³/mol. The summed E-state index contributed by atoms with van der Waals surface area (Å²) < 4.78 is 4.64. The van der Waals surface area contributed by atoms with Crippen LogP contribution in [0.5, 0.6) is 0 Å². The van der Waals surface area contributed by atoms with Gasteiger partial charge in [0.1, 0.15) is 6.26 Å². The van der Waals surface area contributed by atoms with Crippen LogP contribution < -0.4 is 11.1 Å². The third-order valence-corrected chi connectivity index (χ3v) is 3.28. The van der Waals surface area contributed by atoms with Crippen molar-refractivity contribution in [2.45, 2.75) is 6.92 Å². The first-order chi connectivity index (χ1) is 8.70. The van der Waals surface area contributed by atoms with Crippen molar-refractivity contribution < 1.29 is 9.32 Å². The highest BCUT2D eigenvalue weighted by Crippen LogP contribution is 2.21. The number of hydrogen-bond donors (Lipinski definition) is 2. The molecule has 2 aromatic heterocycles. The summed E-state index contributed by atoms with van der Waals surface area (Å²) in [7, 11) is 0. The Morgan fingerprint density at radius 1 is 1.67 bits per heavy atom. The highest BCUT2D eigenvalue weighted by molar-refractivity contribution is 7.14. The van der Waals surface area contributed by atoms with Gasteiger partial charge in [0.05, 0.1) is 16.3 Å².